The minimum absolute atomic E-state index is 0.0238. The highest BCUT2D eigenvalue weighted by Gasteiger charge is 2.33. The van der Waals surface area contributed by atoms with Crippen molar-refractivity contribution < 1.29 is 9.53 Å². The first-order valence-corrected chi connectivity index (χ1v) is 12.5. The lowest BCUT2D eigenvalue weighted by Crippen LogP contribution is -2.52. The minimum Gasteiger partial charge on any atom is -0.475 e. The zero-order valence-electron chi connectivity index (χ0n) is 19.9. The summed E-state index contributed by atoms with van der Waals surface area (Å²) in [5.41, 5.74) is 2.91. The third kappa shape index (κ3) is 4.79. The molecule has 3 heterocycles. The number of rotatable bonds is 6. The molecule has 0 bridgehead atoms. The van der Waals surface area contributed by atoms with Crippen LogP contribution in [0.2, 0.25) is 0 Å². The predicted molar refractivity (Wildman–Crippen MR) is 135 cm³/mol. The summed E-state index contributed by atoms with van der Waals surface area (Å²) in [6.45, 7) is 7.49. The number of carbonyl (C=O) groups excluding carboxylic acids is 1. The number of hydrogen-bond acceptors (Lipinski definition) is 6. The molecule has 7 heteroatoms. The Hall–Kier alpha value is -3.35. The van der Waals surface area contributed by atoms with Gasteiger partial charge in [-0.1, -0.05) is 37.3 Å². The third-order valence-electron chi connectivity index (χ3n) is 6.75. The molecule has 5 rings (SSSR count). The molecule has 1 unspecified atom stereocenters. The number of anilines is 2. The van der Waals surface area contributed by atoms with E-state index in [2.05, 4.69) is 41.0 Å². The zero-order valence-corrected chi connectivity index (χ0v) is 19.9. The van der Waals surface area contributed by atoms with E-state index in [1.54, 1.807) is 0 Å². The molecule has 2 saturated heterocycles. The van der Waals surface area contributed by atoms with Crippen LogP contribution in [-0.4, -0.2) is 66.7 Å². The molecular formula is C27H33N5O2. The smallest absolute Gasteiger partial charge is 0.258 e. The van der Waals surface area contributed by atoms with Crippen LogP contribution in [0, 0.1) is 5.92 Å². The molecule has 7 nitrogen and oxygen atoms in total. The van der Waals surface area contributed by atoms with E-state index in [0.717, 1.165) is 68.8 Å². The van der Waals surface area contributed by atoms with Crippen LogP contribution in [0.4, 0.5) is 11.5 Å². The second-order valence-corrected chi connectivity index (χ2v) is 9.12. The van der Waals surface area contributed by atoms with E-state index >= 15 is 0 Å². The number of ether oxygens (including phenoxy) is 1. The lowest BCUT2D eigenvalue weighted by atomic mass is 9.96. The summed E-state index contributed by atoms with van der Waals surface area (Å²) in [7, 11) is 0. The van der Waals surface area contributed by atoms with Crippen molar-refractivity contribution in [1.82, 2.24) is 14.9 Å². The van der Waals surface area contributed by atoms with Gasteiger partial charge in [0.25, 0.3) is 5.88 Å². The second kappa shape index (κ2) is 10.3. The van der Waals surface area contributed by atoms with E-state index < -0.39 is 0 Å². The molecule has 178 valence electrons. The Morgan fingerprint density at radius 3 is 2.35 bits per heavy atom. The molecule has 2 aliphatic rings. The van der Waals surface area contributed by atoms with E-state index in [0.29, 0.717) is 19.0 Å². The first-order valence-electron chi connectivity index (χ1n) is 12.5. The van der Waals surface area contributed by atoms with E-state index in [-0.39, 0.29) is 11.8 Å². The average Bonchev–Trinajstić information content (AvgIpc) is 2.91. The second-order valence-electron chi connectivity index (χ2n) is 9.12. The van der Waals surface area contributed by atoms with Crippen molar-refractivity contribution in [3.05, 3.63) is 54.6 Å². The number of piperidine rings is 1. The van der Waals surface area contributed by atoms with Crippen LogP contribution >= 0.6 is 0 Å². The van der Waals surface area contributed by atoms with Crippen molar-refractivity contribution in [2.75, 3.05) is 55.7 Å². The van der Waals surface area contributed by atoms with E-state index in [4.69, 9.17) is 14.7 Å². The van der Waals surface area contributed by atoms with Gasteiger partial charge in [-0.25, -0.2) is 9.97 Å². The van der Waals surface area contributed by atoms with Crippen molar-refractivity contribution in [3.8, 4) is 5.88 Å². The van der Waals surface area contributed by atoms with Crippen LogP contribution in [0.1, 0.15) is 26.2 Å². The molecule has 3 aromatic rings. The molecule has 1 atom stereocenters. The van der Waals surface area contributed by atoms with Crippen molar-refractivity contribution in [3.63, 3.8) is 0 Å². The van der Waals surface area contributed by atoms with E-state index in [9.17, 15) is 4.79 Å². The Labute approximate surface area is 201 Å². The standard InChI is InChI=1S/C27H33N5O2/c1-2-19-34-26-25(28-23-12-6-7-13-24(23)29-26)32-14-8-9-21(20-32)27(33)31-17-15-30(16-18-31)22-10-4-3-5-11-22/h3-7,10-13,21H,2,8-9,14-20H2,1H3. The molecule has 2 fully saturated rings. The normalized spacial score (nSPS) is 18.9. The Balaban J connectivity index is 1.28. The number of fused-ring (bicyclic) bond motifs is 1. The maximum atomic E-state index is 13.5. The van der Waals surface area contributed by atoms with Crippen LogP contribution in [0.25, 0.3) is 11.0 Å². The molecule has 0 radical (unpaired) electrons. The van der Waals surface area contributed by atoms with Gasteiger partial charge in [-0.15, -0.1) is 0 Å². The van der Waals surface area contributed by atoms with Gasteiger partial charge in [0.2, 0.25) is 5.91 Å². The van der Waals surface area contributed by atoms with Gasteiger partial charge in [0, 0.05) is 45.0 Å². The van der Waals surface area contributed by atoms with Crippen LogP contribution in [0.3, 0.4) is 0 Å². The van der Waals surface area contributed by atoms with Gasteiger partial charge in [-0.2, -0.15) is 0 Å². The summed E-state index contributed by atoms with van der Waals surface area (Å²) in [5, 5.41) is 0. The highest BCUT2D eigenvalue weighted by molar-refractivity contribution is 5.81. The molecule has 0 spiro atoms. The average molecular weight is 460 g/mol. The fourth-order valence-electron chi connectivity index (χ4n) is 4.93. The van der Waals surface area contributed by atoms with Crippen molar-refractivity contribution in [2.24, 2.45) is 5.92 Å². The SMILES string of the molecule is CCCOc1nc2ccccc2nc1N1CCCC(C(=O)N2CCN(c3ccccc3)CC2)C1. The van der Waals surface area contributed by atoms with Gasteiger partial charge < -0.3 is 19.4 Å². The van der Waals surface area contributed by atoms with E-state index in [1.165, 1.54) is 5.69 Å². The largest absolute Gasteiger partial charge is 0.475 e. The Morgan fingerprint density at radius 1 is 0.912 bits per heavy atom. The first kappa shape index (κ1) is 22.4. The molecule has 34 heavy (non-hydrogen) atoms. The quantitative estimate of drug-likeness (QED) is 0.556. The number of carbonyl (C=O) groups is 1. The maximum absolute atomic E-state index is 13.5. The molecule has 2 aromatic carbocycles. The van der Waals surface area contributed by atoms with Crippen LogP contribution in [0.5, 0.6) is 5.88 Å². The monoisotopic (exact) mass is 459 g/mol. The summed E-state index contributed by atoms with van der Waals surface area (Å²) in [6.07, 6.45) is 2.78. The number of nitrogens with zero attached hydrogens (tertiary/aromatic N) is 5. The first-order chi connectivity index (χ1) is 16.7. The Bertz CT molecular complexity index is 1110. The fraction of sp³-hybridized carbons (Fsp3) is 0.444. The van der Waals surface area contributed by atoms with Gasteiger partial charge in [-0.3, -0.25) is 4.79 Å². The number of para-hydroxylation sites is 3. The summed E-state index contributed by atoms with van der Waals surface area (Å²) in [4.78, 5) is 29.7. The van der Waals surface area contributed by atoms with E-state index in [1.807, 2.05) is 35.2 Å². The van der Waals surface area contributed by atoms with Gasteiger partial charge in [0.15, 0.2) is 5.82 Å². The Kier molecular flexibility index (Phi) is 6.79. The fourth-order valence-corrected chi connectivity index (χ4v) is 4.93. The maximum Gasteiger partial charge on any atom is 0.258 e. The topological polar surface area (TPSA) is 61.8 Å². The van der Waals surface area contributed by atoms with Gasteiger partial charge in [-0.05, 0) is 43.5 Å². The molecule has 0 saturated carbocycles. The Morgan fingerprint density at radius 2 is 1.62 bits per heavy atom. The number of piperazine rings is 1. The van der Waals surface area contributed by atoms with Crippen LogP contribution in [-0.2, 0) is 4.79 Å². The molecule has 0 aliphatic carbocycles. The summed E-state index contributed by atoms with van der Waals surface area (Å²) in [5.74, 6) is 1.58. The number of hydrogen-bond donors (Lipinski definition) is 0. The zero-order chi connectivity index (χ0) is 23.3. The number of benzene rings is 2. The number of amides is 1. The number of aromatic nitrogens is 2. The van der Waals surface area contributed by atoms with Crippen LogP contribution in [0.15, 0.2) is 54.6 Å². The molecular weight excluding hydrogens is 426 g/mol. The molecule has 2 aliphatic heterocycles. The van der Waals surface area contributed by atoms with Crippen molar-refractivity contribution in [1.29, 1.82) is 0 Å². The highest BCUT2D eigenvalue weighted by atomic mass is 16.5. The molecule has 1 amide bonds. The lowest BCUT2D eigenvalue weighted by Gasteiger charge is -2.40. The van der Waals surface area contributed by atoms with Gasteiger partial charge in [0.05, 0.1) is 23.6 Å². The summed E-state index contributed by atoms with van der Waals surface area (Å²) in [6, 6.07) is 18.3. The van der Waals surface area contributed by atoms with Crippen molar-refractivity contribution >= 4 is 28.4 Å². The highest BCUT2D eigenvalue weighted by Crippen LogP contribution is 2.31. The van der Waals surface area contributed by atoms with Crippen LogP contribution < -0.4 is 14.5 Å². The molecule has 0 N–H and O–H groups in total. The summed E-state index contributed by atoms with van der Waals surface area (Å²) < 4.78 is 6.00. The minimum atomic E-state index is -0.0238. The van der Waals surface area contributed by atoms with Gasteiger partial charge in [0.1, 0.15) is 0 Å². The lowest BCUT2D eigenvalue weighted by molar-refractivity contribution is -0.136. The van der Waals surface area contributed by atoms with Crippen molar-refractivity contribution in [2.45, 2.75) is 26.2 Å². The summed E-state index contributed by atoms with van der Waals surface area (Å²) >= 11 is 0. The molecule has 1 aromatic heterocycles. The van der Waals surface area contributed by atoms with Gasteiger partial charge >= 0.3 is 0 Å². The predicted octanol–water partition coefficient (Wildman–Crippen LogP) is 3.98. The third-order valence-corrected chi connectivity index (χ3v) is 6.75.